The van der Waals surface area contributed by atoms with Crippen molar-refractivity contribution in [2.24, 2.45) is 4.74 Å². The molecule has 5 heteroatoms. The molecule has 0 N–H and O–H groups in total. The first-order chi connectivity index (χ1) is 16.6. The lowest BCUT2D eigenvalue weighted by atomic mass is 10.2. The molecule has 0 aliphatic heterocycles. The van der Waals surface area contributed by atoms with Crippen molar-refractivity contribution in [2.75, 3.05) is 6.61 Å². The van der Waals surface area contributed by atoms with E-state index < -0.39 is 13.0 Å². The number of hydrogen-bond acceptors (Lipinski definition) is 3. The lowest BCUT2D eigenvalue weighted by Crippen LogP contribution is -2.26. The lowest BCUT2D eigenvalue weighted by Gasteiger charge is -2.27. The largest absolute Gasteiger partial charge is 0.461 e. The molecule has 0 spiro atoms. The van der Waals surface area contributed by atoms with Crippen LogP contribution in [0.4, 0.5) is 0 Å². The molecule has 0 saturated heterocycles. The van der Waals surface area contributed by atoms with E-state index in [2.05, 4.69) is 36.4 Å². The quantitative estimate of drug-likeness (QED) is 0.172. The zero-order valence-corrected chi connectivity index (χ0v) is 20.5. The van der Waals surface area contributed by atoms with Crippen LogP contribution in [0.15, 0.2) is 126 Å². The van der Waals surface area contributed by atoms with E-state index in [1.54, 1.807) is 25.1 Å². The van der Waals surface area contributed by atoms with Gasteiger partial charge in [0.1, 0.15) is 5.70 Å². The normalized spacial score (nSPS) is 11.6. The summed E-state index contributed by atoms with van der Waals surface area (Å²) in [6.45, 7) is 2.06. The summed E-state index contributed by atoms with van der Waals surface area (Å²) >= 11 is 6.08. The van der Waals surface area contributed by atoms with E-state index in [1.807, 2.05) is 66.7 Å². The van der Waals surface area contributed by atoms with Crippen molar-refractivity contribution in [3.05, 3.63) is 132 Å². The minimum atomic E-state index is -2.60. The maximum atomic E-state index is 13.2. The monoisotopic (exact) mass is 485 g/mol. The highest BCUT2D eigenvalue weighted by Gasteiger charge is 2.29. The minimum Gasteiger partial charge on any atom is -0.461 e. The van der Waals surface area contributed by atoms with Crippen LogP contribution >= 0.6 is 18.7 Å². The molecular weight excluding hydrogens is 461 g/mol. The van der Waals surface area contributed by atoms with Crippen LogP contribution < -0.4 is 15.9 Å². The van der Waals surface area contributed by atoms with Crippen molar-refractivity contribution in [3.63, 3.8) is 0 Å². The summed E-state index contributed by atoms with van der Waals surface area (Å²) in [7, 11) is -2.60. The number of halogens is 1. The number of hydrogen-bond donors (Lipinski definition) is 0. The molecule has 0 fully saturated rings. The average molecular weight is 486 g/mol. The van der Waals surface area contributed by atoms with Crippen molar-refractivity contribution < 1.29 is 9.53 Å². The van der Waals surface area contributed by atoms with E-state index >= 15 is 0 Å². The third-order valence-corrected chi connectivity index (χ3v) is 9.21. The SMILES string of the molecule is CCOC(=O)/C(=C/c1ccc(Cl)cc1)N=P(c1ccccc1)(c1ccccc1)c1ccccc1. The molecule has 4 rings (SSSR count). The van der Waals surface area contributed by atoms with Gasteiger partial charge in [0.15, 0.2) is 0 Å². The molecule has 0 aliphatic rings. The number of nitrogens with zero attached hydrogens (tertiary/aromatic N) is 1. The summed E-state index contributed by atoms with van der Waals surface area (Å²) in [5.41, 5.74) is 1.09. The molecule has 0 radical (unpaired) electrons. The Morgan fingerprint density at radius 2 is 1.21 bits per heavy atom. The molecule has 0 atom stereocenters. The van der Waals surface area contributed by atoms with E-state index in [9.17, 15) is 4.79 Å². The molecule has 0 aliphatic carbocycles. The predicted molar refractivity (Wildman–Crippen MR) is 144 cm³/mol. The first-order valence-corrected chi connectivity index (χ1v) is 13.2. The number of rotatable bonds is 7. The summed E-state index contributed by atoms with van der Waals surface area (Å²) in [4.78, 5) is 13.2. The molecule has 3 nitrogen and oxygen atoms in total. The number of esters is 1. The van der Waals surface area contributed by atoms with Crippen molar-refractivity contribution in [1.82, 2.24) is 0 Å². The maximum absolute atomic E-state index is 13.2. The van der Waals surface area contributed by atoms with Crippen molar-refractivity contribution in [2.45, 2.75) is 6.92 Å². The van der Waals surface area contributed by atoms with Crippen LogP contribution in [0.1, 0.15) is 12.5 Å². The third kappa shape index (κ3) is 5.22. The van der Waals surface area contributed by atoms with Gasteiger partial charge in [-0.05, 0) is 30.7 Å². The third-order valence-electron chi connectivity index (χ3n) is 5.31. The lowest BCUT2D eigenvalue weighted by molar-refractivity contribution is -0.138. The highest BCUT2D eigenvalue weighted by Crippen LogP contribution is 2.48. The molecule has 0 heterocycles. The first kappa shape index (κ1) is 23.8. The fourth-order valence-corrected chi connectivity index (χ4v) is 7.40. The minimum absolute atomic E-state index is 0.264. The van der Waals surface area contributed by atoms with E-state index in [1.165, 1.54) is 0 Å². The Hall–Kier alpha value is -3.39. The summed E-state index contributed by atoms with van der Waals surface area (Å²) < 4.78 is 10.8. The molecule has 170 valence electrons. The Morgan fingerprint density at radius 1 is 0.765 bits per heavy atom. The summed E-state index contributed by atoms with van der Waals surface area (Å²) in [6, 6.07) is 37.9. The van der Waals surface area contributed by atoms with Gasteiger partial charge in [-0.15, -0.1) is 0 Å². The van der Waals surface area contributed by atoms with Crippen LogP contribution in [0.3, 0.4) is 0 Å². The van der Waals surface area contributed by atoms with Gasteiger partial charge in [-0.1, -0.05) is 115 Å². The number of carbonyl (C=O) groups is 1. The van der Waals surface area contributed by atoms with Crippen molar-refractivity contribution in [1.29, 1.82) is 0 Å². The van der Waals surface area contributed by atoms with Crippen LogP contribution in [0, 0.1) is 0 Å². The molecule has 4 aromatic carbocycles. The van der Waals surface area contributed by atoms with Gasteiger partial charge in [-0.25, -0.2) is 9.54 Å². The number of benzene rings is 4. The summed E-state index contributed by atoms with van der Waals surface area (Å²) in [5, 5.41) is 3.79. The van der Waals surface area contributed by atoms with Gasteiger partial charge >= 0.3 is 5.97 Å². The number of carbonyl (C=O) groups excluding carboxylic acids is 1. The van der Waals surface area contributed by atoms with Gasteiger partial charge in [0.2, 0.25) is 0 Å². The molecule has 0 unspecified atom stereocenters. The number of ether oxygens (including phenoxy) is 1. The van der Waals surface area contributed by atoms with E-state index in [0.29, 0.717) is 5.02 Å². The Kier molecular flexibility index (Phi) is 7.80. The van der Waals surface area contributed by atoms with E-state index in [-0.39, 0.29) is 12.3 Å². The second-order valence-electron chi connectivity index (χ2n) is 7.54. The molecule has 0 saturated carbocycles. The molecule has 4 aromatic rings. The Labute approximate surface area is 205 Å². The fraction of sp³-hybridized carbons (Fsp3) is 0.0690. The van der Waals surface area contributed by atoms with Gasteiger partial charge in [-0.2, -0.15) is 0 Å². The Bertz CT molecular complexity index is 1220. The smallest absolute Gasteiger partial charge is 0.356 e. The van der Waals surface area contributed by atoms with Gasteiger partial charge in [0.05, 0.1) is 13.7 Å². The standard InChI is InChI=1S/C29H25ClNO2P/c1-2-33-29(32)28(22-23-18-20-24(30)21-19-23)31-34(25-12-6-3-7-13-25,26-14-8-4-9-15-26)27-16-10-5-11-17-27/h3-22H,2H2,1H3/b28-22-. The van der Waals surface area contributed by atoms with Gasteiger partial charge in [0, 0.05) is 20.9 Å². The second-order valence-corrected chi connectivity index (χ2v) is 11.0. The van der Waals surface area contributed by atoms with Crippen LogP contribution in [0.25, 0.3) is 6.08 Å². The Morgan fingerprint density at radius 3 is 1.62 bits per heavy atom. The van der Waals surface area contributed by atoms with Gasteiger partial charge < -0.3 is 4.74 Å². The van der Waals surface area contributed by atoms with E-state index in [0.717, 1.165) is 21.5 Å². The van der Waals surface area contributed by atoms with E-state index in [4.69, 9.17) is 21.1 Å². The Balaban J connectivity index is 2.09. The van der Waals surface area contributed by atoms with Crippen LogP contribution in [0.2, 0.25) is 5.02 Å². The van der Waals surface area contributed by atoms with Gasteiger partial charge in [-0.3, -0.25) is 0 Å². The molecule has 0 amide bonds. The fourth-order valence-electron chi connectivity index (χ4n) is 3.76. The maximum Gasteiger partial charge on any atom is 0.356 e. The summed E-state index contributed by atoms with van der Waals surface area (Å²) in [5.74, 6) is -0.454. The highest BCUT2D eigenvalue weighted by atomic mass is 35.5. The van der Waals surface area contributed by atoms with Crippen molar-refractivity contribution in [3.8, 4) is 0 Å². The summed E-state index contributed by atoms with van der Waals surface area (Å²) in [6.07, 6.45) is 1.78. The second kappa shape index (κ2) is 11.2. The van der Waals surface area contributed by atoms with Crippen molar-refractivity contribution >= 4 is 46.6 Å². The topological polar surface area (TPSA) is 38.7 Å². The van der Waals surface area contributed by atoms with Crippen LogP contribution in [0.5, 0.6) is 0 Å². The highest BCUT2D eigenvalue weighted by molar-refractivity contribution is 7.87. The first-order valence-electron chi connectivity index (χ1n) is 11.1. The molecule has 0 bridgehead atoms. The molecule has 0 aromatic heterocycles. The molecular formula is C29H25ClNO2P. The average Bonchev–Trinajstić information content (AvgIpc) is 2.89. The predicted octanol–water partition coefficient (Wildman–Crippen LogP) is 6.42. The molecule has 34 heavy (non-hydrogen) atoms. The van der Waals surface area contributed by atoms with Gasteiger partial charge in [0.25, 0.3) is 0 Å². The zero-order chi connectivity index (χ0) is 23.8. The van der Waals surface area contributed by atoms with Crippen LogP contribution in [-0.2, 0) is 9.53 Å². The van der Waals surface area contributed by atoms with Crippen LogP contribution in [-0.4, -0.2) is 12.6 Å². The zero-order valence-electron chi connectivity index (χ0n) is 18.8.